The van der Waals surface area contributed by atoms with Crippen LogP contribution in [0.5, 0.6) is 5.75 Å². The summed E-state index contributed by atoms with van der Waals surface area (Å²) >= 11 is 0. The molecule has 0 radical (unpaired) electrons. The third-order valence-corrected chi connectivity index (χ3v) is 5.56. The van der Waals surface area contributed by atoms with Crippen LogP contribution in [0.2, 0.25) is 0 Å². The Hall–Kier alpha value is -4.13. The molecule has 1 heterocycles. The molecule has 0 aromatic heterocycles. The van der Waals surface area contributed by atoms with Crippen LogP contribution in [0.3, 0.4) is 0 Å². The number of hydrogen-bond acceptors (Lipinski definition) is 5. The monoisotopic (exact) mass is 459 g/mol. The van der Waals surface area contributed by atoms with Gasteiger partial charge in [-0.2, -0.15) is 0 Å². The zero-order valence-electron chi connectivity index (χ0n) is 19.3. The zero-order valence-corrected chi connectivity index (χ0v) is 19.3. The molecule has 34 heavy (non-hydrogen) atoms. The normalized spacial score (nSPS) is 13.5. The molecule has 0 fully saturated rings. The maximum Gasteiger partial charge on any atom is 0.278 e. The highest BCUT2D eigenvalue weighted by atomic mass is 19.1. The van der Waals surface area contributed by atoms with Gasteiger partial charge < -0.3 is 15.0 Å². The first-order chi connectivity index (χ1) is 16.4. The van der Waals surface area contributed by atoms with Crippen molar-refractivity contribution in [3.05, 3.63) is 95.4 Å². The Labute approximate surface area is 198 Å². The quantitative estimate of drug-likeness (QED) is 0.496. The van der Waals surface area contributed by atoms with Crippen molar-refractivity contribution in [2.75, 3.05) is 30.9 Å². The van der Waals surface area contributed by atoms with Crippen molar-refractivity contribution in [3.63, 3.8) is 0 Å². The van der Waals surface area contributed by atoms with Crippen molar-refractivity contribution >= 4 is 28.8 Å². The lowest BCUT2D eigenvalue weighted by Gasteiger charge is -2.16. The SMILES string of the molecule is CCOc1ccc(C2=C(Nc3ccc(N(C)C)cc3)C(=O)N(Cc3ccccc3F)C2=O)cc1. The number of benzene rings is 3. The molecule has 1 aliphatic rings. The second-order valence-electron chi connectivity index (χ2n) is 8.06. The number of carbonyl (C=O) groups is 2. The van der Waals surface area contributed by atoms with E-state index in [2.05, 4.69) is 5.32 Å². The van der Waals surface area contributed by atoms with E-state index >= 15 is 0 Å². The molecule has 0 bridgehead atoms. The van der Waals surface area contributed by atoms with Crippen molar-refractivity contribution < 1.29 is 18.7 Å². The number of imide groups is 1. The van der Waals surface area contributed by atoms with Gasteiger partial charge in [0.1, 0.15) is 17.3 Å². The van der Waals surface area contributed by atoms with E-state index in [4.69, 9.17) is 4.74 Å². The highest BCUT2D eigenvalue weighted by Crippen LogP contribution is 2.33. The second kappa shape index (κ2) is 9.79. The summed E-state index contributed by atoms with van der Waals surface area (Å²) in [5.41, 5.74) is 2.90. The number of halogens is 1. The summed E-state index contributed by atoms with van der Waals surface area (Å²) < 4.78 is 19.8. The van der Waals surface area contributed by atoms with E-state index < -0.39 is 17.6 Å². The van der Waals surface area contributed by atoms with Gasteiger partial charge in [-0.25, -0.2) is 4.39 Å². The van der Waals surface area contributed by atoms with Crippen molar-refractivity contribution in [3.8, 4) is 5.75 Å². The number of amides is 2. The van der Waals surface area contributed by atoms with Crippen LogP contribution >= 0.6 is 0 Å². The van der Waals surface area contributed by atoms with Gasteiger partial charge in [0.2, 0.25) is 0 Å². The van der Waals surface area contributed by atoms with E-state index in [0.717, 1.165) is 10.6 Å². The zero-order chi connectivity index (χ0) is 24.2. The molecule has 0 saturated heterocycles. The first-order valence-corrected chi connectivity index (χ1v) is 11.0. The van der Waals surface area contributed by atoms with Gasteiger partial charge in [-0.1, -0.05) is 30.3 Å². The first-order valence-electron chi connectivity index (χ1n) is 11.0. The molecule has 0 atom stereocenters. The predicted octanol–water partition coefficient (Wildman–Crippen LogP) is 4.68. The Kier molecular flexibility index (Phi) is 6.63. The number of ether oxygens (including phenoxy) is 1. The van der Waals surface area contributed by atoms with Crippen LogP contribution in [0.15, 0.2) is 78.5 Å². The van der Waals surface area contributed by atoms with E-state index in [1.807, 2.05) is 50.2 Å². The summed E-state index contributed by atoms with van der Waals surface area (Å²) in [6.07, 6.45) is 0. The lowest BCUT2D eigenvalue weighted by Crippen LogP contribution is -2.32. The van der Waals surface area contributed by atoms with Gasteiger partial charge in [0.05, 0.1) is 18.7 Å². The van der Waals surface area contributed by atoms with Crippen LogP contribution < -0.4 is 15.0 Å². The Balaban J connectivity index is 1.71. The molecule has 0 saturated carbocycles. The lowest BCUT2D eigenvalue weighted by molar-refractivity contribution is -0.137. The van der Waals surface area contributed by atoms with Crippen molar-refractivity contribution in [1.29, 1.82) is 0 Å². The number of rotatable bonds is 8. The van der Waals surface area contributed by atoms with Gasteiger partial charge in [0.25, 0.3) is 11.8 Å². The Morgan fingerprint density at radius 3 is 2.21 bits per heavy atom. The van der Waals surface area contributed by atoms with Gasteiger partial charge in [-0.3, -0.25) is 14.5 Å². The molecule has 0 spiro atoms. The maximum atomic E-state index is 14.3. The molecule has 1 aliphatic heterocycles. The Morgan fingerprint density at radius 1 is 0.912 bits per heavy atom. The van der Waals surface area contributed by atoms with Gasteiger partial charge in [-0.15, -0.1) is 0 Å². The average Bonchev–Trinajstić information content (AvgIpc) is 3.06. The molecule has 2 amide bonds. The third kappa shape index (κ3) is 4.64. The summed E-state index contributed by atoms with van der Waals surface area (Å²) in [7, 11) is 3.88. The van der Waals surface area contributed by atoms with Crippen LogP contribution in [0.4, 0.5) is 15.8 Å². The molecule has 4 rings (SSSR count). The number of nitrogens with zero attached hydrogens (tertiary/aromatic N) is 2. The fourth-order valence-electron chi connectivity index (χ4n) is 3.77. The highest BCUT2D eigenvalue weighted by molar-refractivity contribution is 6.36. The number of carbonyl (C=O) groups excluding carboxylic acids is 2. The fraction of sp³-hybridized carbons (Fsp3) is 0.185. The van der Waals surface area contributed by atoms with Gasteiger partial charge in [0.15, 0.2) is 0 Å². The van der Waals surface area contributed by atoms with Crippen LogP contribution in [0.1, 0.15) is 18.1 Å². The summed E-state index contributed by atoms with van der Waals surface area (Å²) in [5, 5.41) is 3.13. The number of nitrogens with one attached hydrogen (secondary N) is 1. The van der Waals surface area contributed by atoms with Crippen LogP contribution in [-0.2, 0) is 16.1 Å². The highest BCUT2D eigenvalue weighted by Gasteiger charge is 2.39. The smallest absolute Gasteiger partial charge is 0.278 e. The van der Waals surface area contributed by atoms with Crippen LogP contribution in [0, 0.1) is 5.82 Å². The standard InChI is InChI=1S/C27H26FN3O3/c1-4-34-22-15-9-18(10-16-22)24-25(29-20-11-13-21(14-12-20)30(2)3)27(33)31(26(24)32)17-19-7-5-6-8-23(19)28/h5-16,29H,4,17H2,1-3H3. The fourth-order valence-corrected chi connectivity index (χ4v) is 3.77. The Bertz CT molecular complexity index is 1230. The van der Waals surface area contributed by atoms with Crippen molar-refractivity contribution in [2.24, 2.45) is 0 Å². The van der Waals surface area contributed by atoms with Crippen molar-refractivity contribution in [2.45, 2.75) is 13.5 Å². The second-order valence-corrected chi connectivity index (χ2v) is 8.06. The minimum absolute atomic E-state index is 0.156. The predicted molar refractivity (Wildman–Crippen MR) is 131 cm³/mol. The molecular formula is C27H26FN3O3. The van der Waals surface area contributed by atoms with Crippen LogP contribution in [0.25, 0.3) is 5.57 Å². The largest absolute Gasteiger partial charge is 0.494 e. The van der Waals surface area contributed by atoms with E-state index in [0.29, 0.717) is 23.6 Å². The van der Waals surface area contributed by atoms with Gasteiger partial charge in [0, 0.05) is 31.0 Å². The van der Waals surface area contributed by atoms with E-state index in [1.54, 1.807) is 42.5 Å². The van der Waals surface area contributed by atoms with E-state index in [9.17, 15) is 14.0 Å². The summed E-state index contributed by atoms with van der Waals surface area (Å²) in [5.74, 6) is -0.786. The van der Waals surface area contributed by atoms with Crippen LogP contribution in [-0.4, -0.2) is 37.4 Å². The van der Waals surface area contributed by atoms with E-state index in [-0.39, 0.29) is 23.4 Å². The molecule has 0 unspecified atom stereocenters. The summed E-state index contributed by atoms with van der Waals surface area (Å²) in [6, 6.07) is 20.6. The topological polar surface area (TPSA) is 61.9 Å². The van der Waals surface area contributed by atoms with Gasteiger partial charge >= 0.3 is 0 Å². The molecular weight excluding hydrogens is 433 g/mol. The molecule has 174 valence electrons. The number of hydrogen-bond donors (Lipinski definition) is 1. The lowest BCUT2D eigenvalue weighted by atomic mass is 10.0. The molecule has 1 N–H and O–H groups in total. The Morgan fingerprint density at radius 2 is 1.59 bits per heavy atom. The minimum Gasteiger partial charge on any atom is -0.494 e. The summed E-state index contributed by atoms with van der Waals surface area (Å²) in [4.78, 5) is 29.9. The summed E-state index contributed by atoms with van der Waals surface area (Å²) in [6.45, 7) is 2.25. The minimum atomic E-state index is -0.506. The third-order valence-electron chi connectivity index (χ3n) is 5.56. The van der Waals surface area contributed by atoms with Gasteiger partial charge in [-0.05, 0) is 55.0 Å². The molecule has 0 aliphatic carbocycles. The van der Waals surface area contributed by atoms with Crippen molar-refractivity contribution in [1.82, 2.24) is 4.90 Å². The molecule has 3 aromatic rings. The molecule has 7 heteroatoms. The molecule has 6 nitrogen and oxygen atoms in total. The number of anilines is 2. The maximum absolute atomic E-state index is 14.3. The van der Waals surface area contributed by atoms with E-state index in [1.165, 1.54) is 6.07 Å². The molecule has 3 aromatic carbocycles. The first kappa shape index (κ1) is 23.0. The average molecular weight is 460 g/mol.